The van der Waals surface area contributed by atoms with Crippen molar-refractivity contribution in [3.05, 3.63) is 23.8 Å². The molecule has 2 fully saturated rings. The average molecular weight is 387 g/mol. The number of methoxy groups -OCH3 is 2. The normalized spacial score (nSPS) is 31.7. The van der Waals surface area contributed by atoms with Crippen molar-refractivity contribution in [2.24, 2.45) is 28.6 Å². The van der Waals surface area contributed by atoms with Crippen LogP contribution in [0.15, 0.2) is 18.2 Å². The summed E-state index contributed by atoms with van der Waals surface area (Å²) in [7, 11) is 3.25. The second-order valence-corrected chi connectivity index (χ2v) is 10.1. The molecule has 2 aliphatic rings. The fraction of sp³-hybridized carbons (Fsp3) is 0.720. The lowest BCUT2D eigenvalue weighted by Crippen LogP contribution is -2.51. The van der Waals surface area contributed by atoms with Crippen LogP contribution in [0.1, 0.15) is 83.0 Å². The lowest BCUT2D eigenvalue weighted by atomic mass is 9.46. The van der Waals surface area contributed by atoms with E-state index in [4.69, 9.17) is 9.47 Å². The second-order valence-electron chi connectivity index (χ2n) is 10.1. The summed E-state index contributed by atoms with van der Waals surface area (Å²) in [5.74, 6) is 3.65. The van der Waals surface area contributed by atoms with Gasteiger partial charge in [-0.15, -0.1) is 0 Å². The van der Waals surface area contributed by atoms with Crippen molar-refractivity contribution < 1.29 is 14.3 Å². The van der Waals surface area contributed by atoms with Crippen molar-refractivity contribution >= 4 is 5.78 Å². The van der Waals surface area contributed by atoms with Gasteiger partial charge >= 0.3 is 0 Å². The van der Waals surface area contributed by atoms with Gasteiger partial charge in [-0.25, -0.2) is 0 Å². The minimum absolute atomic E-state index is 0.199. The Bertz CT molecular complexity index is 685. The third kappa shape index (κ3) is 3.95. The van der Waals surface area contributed by atoms with Crippen LogP contribution in [-0.4, -0.2) is 20.0 Å². The number of rotatable bonds is 6. The summed E-state index contributed by atoms with van der Waals surface area (Å²) >= 11 is 0. The summed E-state index contributed by atoms with van der Waals surface area (Å²) in [4.78, 5) is 13.0. The molecule has 0 radical (unpaired) electrons. The Kier molecular flexibility index (Phi) is 6.12. The van der Waals surface area contributed by atoms with Crippen molar-refractivity contribution in [3.8, 4) is 11.5 Å². The van der Waals surface area contributed by atoms with Gasteiger partial charge in [-0.2, -0.15) is 0 Å². The van der Waals surface area contributed by atoms with E-state index in [9.17, 15) is 4.79 Å². The molecule has 28 heavy (non-hydrogen) atoms. The van der Waals surface area contributed by atoms with Crippen LogP contribution in [0.5, 0.6) is 11.5 Å². The summed E-state index contributed by atoms with van der Waals surface area (Å²) in [6, 6.07) is 5.49. The molecule has 0 unspecified atom stereocenters. The Morgan fingerprint density at radius 2 is 1.68 bits per heavy atom. The summed E-state index contributed by atoms with van der Waals surface area (Å²) < 4.78 is 10.7. The highest BCUT2D eigenvalue weighted by molar-refractivity contribution is 5.96. The summed E-state index contributed by atoms with van der Waals surface area (Å²) in [5.41, 5.74) is 1.49. The standard InChI is InChI=1S/C25H38O3/c1-17-8-11-23-24(2,3)12-7-13-25(23,4)21(17)9-10-22(26)18-14-19(27-5)16-20(15-18)28-6/h14-17,21,23H,7-13H2,1-6H3/t17-,21-,23-,25+/m0/s1. The van der Waals surface area contributed by atoms with E-state index >= 15 is 0 Å². The minimum atomic E-state index is 0.199. The summed E-state index contributed by atoms with van der Waals surface area (Å²) in [6.45, 7) is 9.87. The van der Waals surface area contributed by atoms with Gasteiger partial charge in [0.05, 0.1) is 14.2 Å². The Hall–Kier alpha value is -1.51. The van der Waals surface area contributed by atoms with Crippen LogP contribution >= 0.6 is 0 Å². The highest BCUT2D eigenvalue weighted by Crippen LogP contribution is 2.62. The maximum Gasteiger partial charge on any atom is 0.163 e. The number of ether oxygens (including phenoxy) is 2. The van der Waals surface area contributed by atoms with Gasteiger partial charge in [0.1, 0.15) is 11.5 Å². The first-order chi connectivity index (χ1) is 13.2. The molecule has 0 bridgehead atoms. The zero-order valence-electron chi connectivity index (χ0n) is 18.6. The van der Waals surface area contributed by atoms with Crippen LogP contribution in [0.25, 0.3) is 0 Å². The predicted molar refractivity (Wildman–Crippen MR) is 114 cm³/mol. The largest absolute Gasteiger partial charge is 0.497 e. The number of ketones is 1. The predicted octanol–water partition coefficient (Wildman–Crippen LogP) is 6.55. The average Bonchev–Trinajstić information content (AvgIpc) is 2.65. The second kappa shape index (κ2) is 8.08. The van der Waals surface area contributed by atoms with Crippen LogP contribution in [0.4, 0.5) is 0 Å². The number of hydrogen-bond donors (Lipinski definition) is 0. The third-order valence-electron chi connectivity index (χ3n) is 8.08. The highest BCUT2D eigenvalue weighted by atomic mass is 16.5. The van der Waals surface area contributed by atoms with Crippen molar-refractivity contribution in [1.29, 1.82) is 0 Å². The van der Waals surface area contributed by atoms with E-state index in [1.165, 1.54) is 32.1 Å². The number of carbonyl (C=O) groups is 1. The first kappa shape index (κ1) is 21.2. The molecule has 0 aromatic heterocycles. The number of Topliss-reactive ketones (excluding diaryl/α,β-unsaturated/α-hetero) is 1. The lowest BCUT2D eigenvalue weighted by Gasteiger charge is -2.59. The molecule has 0 N–H and O–H groups in total. The maximum atomic E-state index is 13.0. The fourth-order valence-electron chi connectivity index (χ4n) is 6.62. The van der Waals surface area contributed by atoms with Gasteiger partial charge in [0, 0.05) is 18.1 Å². The zero-order valence-corrected chi connectivity index (χ0v) is 18.6. The Morgan fingerprint density at radius 1 is 1.04 bits per heavy atom. The molecule has 4 atom stereocenters. The monoisotopic (exact) mass is 386 g/mol. The number of benzene rings is 1. The van der Waals surface area contributed by atoms with Gasteiger partial charge in [0.2, 0.25) is 0 Å². The summed E-state index contributed by atoms with van der Waals surface area (Å²) in [6.07, 6.45) is 8.23. The molecule has 2 saturated carbocycles. The van der Waals surface area contributed by atoms with E-state index in [0.29, 0.717) is 46.1 Å². The van der Waals surface area contributed by atoms with E-state index in [1.54, 1.807) is 14.2 Å². The molecule has 0 aliphatic heterocycles. The van der Waals surface area contributed by atoms with E-state index in [-0.39, 0.29) is 5.78 Å². The van der Waals surface area contributed by atoms with Crippen molar-refractivity contribution in [1.82, 2.24) is 0 Å². The van der Waals surface area contributed by atoms with Gasteiger partial charge in [-0.05, 0) is 66.4 Å². The smallest absolute Gasteiger partial charge is 0.163 e. The Labute approximate surface area is 171 Å². The van der Waals surface area contributed by atoms with E-state index in [1.807, 2.05) is 18.2 Å². The van der Waals surface area contributed by atoms with E-state index in [2.05, 4.69) is 27.7 Å². The quantitative estimate of drug-likeness (QED) is 0.520. The Balaban J connectivity index is 1.76. The first-order valence-corrected chi connectivity index (χ1v) is 11.0. The van der Waals surface area contributed by atoms with Gasteiger partial charge in [-0.1, -0.05) is 40.5 Å². The molecule has 0 saturated heterocycles. The molecule has 3 rings (SSSR count). The molecule has 3 nitrogen and oxygen atoms in total. The fourth-order valence-corrected chi connectivity index (χ4v) is 6.62. The van der Waals surface area contributed by atoms with Crippen LogP contribution in [0.3, 0.4) is 0 Å². The maximum absolute atomic E-state index is 13.0. The molecule has 0 spiro atoms. The molecular weight excluding hydrogens is 348 g/mol. The van der Waals surface area contributed by atoms with E-state index in [0.717, 1.165) is 12.3 Å². The van der Waals surface area contributed by atoms with Gasteiger partial charge in [0.25, 0.3) is 0 Å². The SMILES string of the molecule is COc1cc(OC)cc(C(=O)CC[C@H]2[C@@H](C)CC[C@H]3C(C)(C)CCC[C@]23C)c1. The van der Waals surface area contributed by atoms with Gasteiger partial charge in [0.15, 0.2) is 5.78 Å². The van der Waals surface area contributed by atoms with Crippen molar-refractivity contribution in [3.63, 3.8) is 0 Å². The topological polar surface area (TPSA) is 35.5 Å². The van der Waals surface area contributed by atoms with Crippen LogP contribution in [0, 0.1) is 28.6 Å². The minimum Gasteiger partial charge on any atom is -0.497 e. The van der Waals surface area contributed by atoms with E-state index < -0.39 is 0 Å². The number of carbonyl (C=O) groups excluding carboxylic acids is 1. The van der Waals surface area contributed by atoms with Crippen molar-refractivity contribution in [2.75, 3.05) is 14.2 Å². The molecule has 156 valence electrons. The first-order valence-electron chi connectivity index (χ1n) is 11.0. The molecule has 3 heteroatoms. The van der Waals surface area contributed by atoms with Gasteiger partial charge in [-0.3, -0.25) is 4.79 Å². The molecule has 2 aliphatic carbocycles. The molecule has 1 aromatic rings. The Morgan fingerprint density at radius 3 is 2.29 bits per heavy atom. The van der Waals surface area contributed by atoms with Gasteiger partial charge < -0.3 is 9.47 Å². The molecular formula is C25H38O3. The van der Waals surface area contributed by atoms with Crippen LogP contribution in [-0.2, 0) is 0 Å². The van der Waals surface area contributed by atoms with Crippen LogP contribution < -0.4 is 9.47 Å². The van der Waals surface area contributed by atoms with Crippen molar-refractivity contribution in [2.45, 2.75) is 72.6 Å². The number of hydrogen-bond acceptors (Lipinski definition) is 3. The lowest BCUT2D eigenvalue weighted by molar-refractivity contribution is -0.0956. The molecule has 0 heterocycles. The molecule has 1 aromatic carbocycles. The highest BCUT2D eigenvalue weighted by Gasteiger charge is 2.53. The third-order valence-corrected chi connectivity index (χ3v) is 8.08. The summed E-state index contributed by atoms with van der Waals surface area (Å²) in [5, 5.41) is 0. The number of fused-ring (bicyclic) bond motifs is 1. The van der Waals surface area contributed by atoms with Crippen LogP contribution in [0.2, 0.25) is 0 Å². The molecule has 0 amide bonds. The zero-order chi connectivity index (χ0) is 20.5.